The van der Waals surface area contributed by atoms with Gasteiger partial charge in [-0.1, -0.05) is 18.2 Å². The summed E-state index contributed by atoms with van der Waals surface area (Å²) in [5, 5.41) is 8.28. The van der Waals surface area contributed by atoms with Crippen LogP contribution < -0.4 is 10.2 Å². The predicted octanol–water partition coefficient (Wildman–Crippen LogP) is 3.65. The molecule has 156 valence electrons. The highest BCUT2D eigenvalue weighted by Gasteiger charge is 2.19. The number of nitrogens with zero attached hydrogens (tertiary/aromatic N) is 5. The van der Waals surface area contributed by atoms with Crippen LogP contribution in [-0.4, -0.2) is 38.7 Å². The minimum atomic E-state index is -0.162. The van der Waals surface area contributed by atoms with Gasteiger partial charge in [-0.05, 0) is 55.7 Å². The first-order chi connectivity index (χ1) is 15.2. The summed E-state index contributed by atoms with van der Waals surface area (Å²) in [4.78, 5) is 24.7. The van der Waals surface area contributed by atoms with Crippen LogP contribution in [0.15, 0.2) is 60.9 Å². The molecule has 1 aliphatic heterocycles. The number of anilines is 1. The van der Waals surface area contributed by atoms with E-state index in [2.05, 4.69) is 40.4 Å². The van der Waals surface area contributed by atoms with E-state index in [0.717, 1.165) is 41.1 Å². The normalized spacial score (nSPS) is 13.6. The molecule has 0 aliphatic carbocycles. The van der Waals surface area contributed by atoms with Crippen molar-refractivity contribution < 1.29 is 4.79 Å². The van der Waals surface area contributed by atoms with E-state index < -0.39 is 0 Å². The van der Waals surface area contributed by atoms with Gasteiger partial charge < -0.3 is 10.2 Å². The smallest absolute Gasteiger partial charge is 0.251 e. The van der Waals surface area contributed by atoms with Crippen molar-refractivity contribution in [2.75, 3.05) is 18.0 Å². The molecule has 7 heteroatoms. The first-order valence-corrected chi connectivity index (χ1v) is 10.6. The Morgan fingerprint density at radius 2 is 1.90 bits per heavy atom. The Balaban J connectivity index is 1.40. The molecule has 1 N–H and O–H groups in total. The lowest BCUT2D eigenvalue weighted by atomic mass is 10.1. The topological polar surface area (TPSA) is 75.9 Å². The molecule has 2 aromatic heterocycles. The largest absolute Gasteiger partial charge is 0.356 e. The highest BCUT2D eigenvalue weighted by atomic mass is 16.1. The van der Waals surface area contributed by atoms with E-state index in [-0.39, 0.29) is 12.5 Å². The first kappa shape index (κ1) is 19.2. The van der Waals surface area contributed by atoms with Crippen molar-refractivity contribution in [2.45, 2.75) is 26.3 Å². The molecule has 0 unspecified atom stereocenters. The molecule has 0 spiro atoms. The van der Waals surface area contributed by atoms with Crippen molar-refractivity contribution in [2.24, 2.45) is 0 Å². The van der Waals surface area contributed by atoms with Crippen molar-refractivity contribution in [3.63, 3.8) is 0 Å². The third-order valence-electron chi connectivity index (χ3n) is 5.64. The molecular formula is C24H24N6O. The maximum Gasteiger partial charge on any atom is 0.251 e. The number of hydrogen-bond acceptors (Lipinski definition) is 5. The summed E-state index contributed by atoms with van der Waals surface area (Å²) < 4.78 is 1.73. The number of aromatic nitrogens is 4. The van der Waals surface area contributed by atoms with Crippen LogP contribution in [0.5, 0.6) is 0 Å². The number of nitrogens with one attached hydrogen (secondary N) is 1. The zero-order chi connectivity index (χ0) is 21.2. The molecule has 2 aromatic carbocycles. The summed E-state index contributed by atoms with van der Waals surface area (Å²) in [5.74, 6) is 1.43. The van der Waals surface area contributed by atoms with Crippen molar-refractivity contribution in [1.82, 2.24) is 25.1 Å². The van der Waals surface area contributed by atoms with E-state index in [1.807, 2.05) is 30.5 Å². The Kier molecular flexibility index (Phi) is 5.08. The molecule has 0 atom stereocenters. The molecule has 0 bridgehead atoms. The van der Waals surface area contributed by atoms with Gasteiger partial charge in [0.15, 0.2) is 5.82 Å². The summed E-state index contributed by atoms with van der Waals surface area (Å²) in [6.45, 7) is 4.35. The van der Waals surface area contributed by atoms with Crippen LogP contribution in [0.25, 0.3) is 16.6 Å². The molecular weight excluding hydrogens is 388 g/mol. The molecule has 1 saturated heterocycles. The Morgan fingerprint density at radius 1 is 1.06 bits per heavy atom. The summed E-state index contributed by atoms with van der Waals surface area (Å²) in [6.07, 6.45) is 5.91. The van der Waals surface area contributed by atoms with E-state index >= 15 is 0 Å². The molecule has 1 aliphatic rings. The van der Waals surface area contributed by atoms with Crippen molar-refractivity contribution in [3.05, 3.63) is 77.9 Å². The van der Waals surface area contributed by atoms with Crippen LogP contribution in [0, 0.1) is 6.92 Å². The van der Waals surface area contributed by atoms with Gasteiger partial charge in [-0.25, -0.2) is 14.6 Å². The maximum atomic E-state index is 12.8. The van der Waals surface area contributed by atoms with Gasteiger partial charge in [0, 0.05) is 36.4 Å². The lowest BCUT2D eigenvalue weighted by molar-refractivity contribution is 0.0950. The maximum absolute atomic E-state index is 12.8. The quantitative estimate of drug-likeness (QED) is 0.541. The van der Waals surface area contributed by atoms with E-state index in [0.29, 0.717) is 11.4 Å². The molecule has 31 heavy (non-hydrogen) atoms. The average Bonchev–Trinajstić information content (AvgIpc) is 3.52. The van der Waals surface area contributed by atoms with Gasteiger partial charge in [-0.3, -0.25) is 4.79 Å². The number of fused-ring (bicyclic) bond motifs is 1. The number of carbonyl (C=O) groups excluding carboxylic acids is 1. The van der Waals surface area contributed by atoms with Gasteiger partial charge in [0.05, 0.1) is 17.7 Å². The molecule has 7 nitrogen and oxygen atoms in total. The third kappa shape index (κ3) is 3.86. The fourth-order valence-electron chi connectivity index (χ4n) is 4.05. The number of benzene rings is 2. The van der Waals surface area contributed by atoms with Crippen LogP contribution in [0.2, 0.25) is 0 Å². The fourth-order valence-corrected chi connectivity index (χ4v) is 4.05. The molecule has 1 amide bonds. The van der Waals surface area contributed by atoms with Gasteiger partial charge >= 0.3 is 0 Å². The minimum Gasteiger partial charge on any atom is -0.356 e. The standard InChI is InChI=1S/C24H24N6O/c1-17-7-4-10-20-22(17)27-21(28-23(20)29-12-2-3-13-29)16-25-24(31)18-8-5-9-19(15-18)30-14-6-11-26-30/h4-11,14-15H,2-3,12-13,16H2,1H3,(H,25,31). The second-order valence-electron chi connectivity index (χ2n) is 7.81. The van der Waals surface area contributed by atoms with Crippen molar-refractivity contribution in [3.8, 4) is 5.69 Å². The monoisotopic (exact) mass is 412 g/mol. The lowest BCUT2D eigenvalue weighted by Gasteiger charge is -2.20. The number of hydrogen-bond donors (Lipinski definition) is 1. The van der Waals surface area contributed by atoms with Crippen molar-refractivity contribution >= 4 is 22.6 Å². The van der Waals surface area contributed by atoms with Gasteiger partial charge in [-0.2, -0.15) is 5.10 Å². The van der Waals surface area contributed by atoms with Gasteiger partial charge in [-0.15, -0.1) is 0 Å². The van der Waals surface area contributed by atoms with Crippen LogP contribution in [-0.2, 0) is 6.54 Å². The molecule has 1 fully saturated rings. The second kappa shape index (κ2) is 8.18. The number of rotatable bonds is 5. The van der Waals surface area contributed by atoms with E-state index in [1.54, 1.807) is 16.9 Å². The zero-order valence-corrected chi connectivity index (χ0v) is 17.5. The molecule has 5 rings (SSSR count). The predicted molar refractivity (Wildman–Crippen MR) is 120 cm³/mol. The first-order valence-electron chi connectivity index (χ1n) is 10.6. The van der Waals surface area contributed by atoms with Crippen LogP contribution in [0.3, 0.4) is 0 Å². The van der Waals surface area contributed by atoms with E-state index in [4.69, 9.17) is 9.97 Å². The SMILES string of the molecule is Cc1cccc2c(N3CCCC3)nc(CNC(=O)c3cccc(-n4cccn4)c3)nc12. The second-order valence-corrected chi connectivity index (χ2v) is 7.81. The molecule has 3 heterocycles. The molecule has 0 saturated carbocycles. The zero-order valence-electron chi connectivity index (χ0n) is 17.5. The highest BCUT2D eigenvalue weighted by Crippen LogP contribution is 2.28. The Labute approximate surface area is 180 Å². The van der Waals surface area contributed by atoms with Crippen LogP contribution in [0.4, 0.5) is 5.82 Å². The van der Waals surface area contributed by atoms with E-state index in [1.165, 1.54) is 12.8 Å². The average molecular weight is 412 g/mol. The third-order valence-corrected chi connectivity index (χ3v) is 5.64. The Hall–Kier alpha value is -3.74. The number of para-hydroxylation sites is 1. The fraction of sp³-hybridized carbons (Fsp3) is 0.250. The van der Waals surface area contributed by atoms with Crippen LogP contribution in [0.1, 0.15) is 34.6 Å². The minimum absolute atomic E-state index is 0.162. The van der Waals surface area contributed by atoms with Gasteiger partial charge in [0.1, 0.15) is 5.82 Å². The summed E-state index contributed by atoms with van der Waals surface area (Å²) in [7, 11) is 0. The summed E-state index contributed by atoms with van der Waals surface area (Å²) in [6, 6.07) is 15.4. The van der Waals surface area contributed by atoms with Crippen LogP contribution >= 0.6 is 0 Å². The molecule has 4 aromatic rings. The number of aryl methyl sites for hydroxylation is 1. The highest BCUT2D eigenvalue weighted by molar-refractivity contribution is 5.95. The Bertz CT molecular complexity index is 1230. The van der Waals surface area contributed by atoms with Crippen molar-refractivity contribution in [1.29, 1.82) is 0 Å². The number of carbonyl (C=O) groups is 1. The van der Waals surface area contributed by atoms with Gasteiger partial charge in [0.2, 0.25) is 0 Å². The number of amides is 1. The van der Waals surface area contributed by atoms with E-state index in [9.17, 15) is 4.79 Å². The summed E-state index contributed by atoms with van der Waals surface area (Å²) in [5.41, 5.74) is 3.47. The lowest BCUT2D eigenvalue weighted by Crippen LogP contribution is -2.25. The van der Waals surface area contributed by atoms with Gasteiger partial charge in [0.25, 0.3) is 5.91 Å². The summed E-state index contributed by atoms with van der Waals surface area (Å²) >= 11 is 0. The molecule has 0 radical (unpaired) electrons. The Morgan fingerprint density at radius 3 is 2.71 bits per heavy atom.